The molecule has 1 rings (SSSR count). The summed E-state index contributed by atoms with van der Waals surface area (Å²) in [6.45, 7) is 10.8. The Morgan fingerprint density at radius 2 is 2.29 bits per heavy atom. The van der Waals surface area contributed by atoms with Crippen molar-refractivity contribution in [2.45, 2.75) is 13.8 Å². The molecule has 14 heavy (non-hydrogen) atoms. The van der Waals surface area contributed by atoms with Crippen LogP contribution in [0.3, 0.4) is 0 Å². The van der Waals surface area contributed by atoms with Crippen molar-refractivity contribution in [3.8, 4) is 0 Å². The van der Waals surface area contributed by atoms with Gasteiger partial charge in [-0.1, -0.05) is 6.07 Å². The molecule has 0 amide bonds. The van der Waals surface area contributed by atoms with Crippen molar-refractivity contribution >= 4 is 11.7 Å². The van der Waals surface area contributed by atoms with Gasteiger partial charge in [0.1, 0.15) is 0 Å². The minimum absolute atomic E-state index is 0.347. The Balaban J connectivity index is 3.02. The first-order valence-electron chi connectivity index (χ1n) is 4.34. The van der Waals surface area contributed by atoms with Gasteiger partial charge in [0, 0.05) is 5.56 Å². The Morgan fingerprint density at radius 3 is 2.86 bits per heavy atom. The van der Waals surface area contributed by atoms with Crippen LogP contribution in [0.1, 0.15) is 22.8 Å². The number of hydrogen-bond acceptors (Lipinski definition) is 2. The molecule has 0 unspecified atom stereocenters. The maximum atomic E-state index is 11.3. The van der Waals surface area contributed by atoms with E-state index in [0.29, 0.717) is 17.9 Å². The second-order valence-electron chi connectivity index (χ2n) is 2.83. The fraction of sp³-hybridized carbons (Fsp3) is 0.273. The van der Waals surface area contributed by atoms with E-state index in [1.165, 1.54) is 0 Å². The molecule has 1 aromatic carbocycles. The highest BCUT2D eigenvalue weighted by atomic mass is 16.5. The summed E-state index contributed by atoms with van der Waals surface area (Å²) in [6.07, 6.45) is 0. The highest BCUT2D eigenvalue weighted by Gasteiger charge is 2.07. The highest BCUT2D eigenvalue weighted by molar-refractivity contribution is 5.90. The zero-order valence-corrected chi connectivity index (χ0v) is 8.20. The lowest BCUT2D eigenvalue weighted by molar-refractivity contribution is 0.0526. The van der Waals surface area contributed by atoms with Crippen LogP contribution in [0.25, 0.3) is 4.85 Å². The second-order valence-corrected chi connectivity index (χ2v) is 2.83. The molecule has 0 fully saturated rings. The smallest absolute Gasteiger partial charge is 0.336 e. The highest BCUT2D eigenvalue weighted by Crippen LogP contribution is 2.20. The number of benzene rings is 1. The van der Waals surface area contributed by atoms with Crippen LogP contribution >= 0.6 is 0 Å². The van der Waals surface area contributed by atoms with Gasteiger partial charge in [-0.25, -0.2) is 9.64 Å². The number of hydrogen-bond donors (Lipinski definition) is 0. The van der Waals surface area contributed by atoms with Crippen molar-refractivity contribution in [2.24, 2.45) is 0 Å². The van der Waals surface area contributed by atoms with Gasteiger partial charge in [-0.05, 0) is 31.5 Å². The average molecular weight is 189 g/mol. The Bertz CT molecular complexity index is 391. The molecule has 0 aliphatic carbocycles. The Kier molecular flexibility index (Phi) is 3.24. The van der Waals surface area contributed by atoms with Gasteiger partial charge in [0.2, 0.25) is 0 Å². The van der Waals surface area contributed by atoms with E-state index in [0.717, 1.165) is 5.56 Å². The molecule has 0 radical (unpaired) electrons. The third kappa shape index (κ3) is 2.11. The van der Waals surface area contributed by atoms with Crippen LogP contribution in [-0.2, 0) is 4.74 Å². The van der Waals surface area contributed by atoms with Crippen LogP contribution in [0.4, 0.5) is 5.69 Å². The summed E-state index contributed by atoms with van der Waals surface area (Å²) >= 11 is 0. The van der Waals surface area contributed by atoms with Gasteiger partial charge in [-0.3, -0.25) is 0 Å². The standard InChI is InChI=1S/C11H11NO2/c1-4-14-11(13)9-6-5-8(2)10(7-9)12-3/h5-7H,4H2,1-2H3. The summed E-state index contributed by atoms with van der Waals surface area (Å²) in [5.74, 6) is -0.377. The van der Waals surface area contributed by atoms with Crippen LogP contribution in [0.5, 0.6) is 0 Å². The van der Waals surface area contributed by atoms with Crippen LogP contribution < -0.4 is 0 Å². The Hall–Kier alpha value is -1.82. The largest absolute Gasteiger partial charge is 0.462 e. The van der Waals surface area contributed by atoms with Gasteiger partial charge in [0.15, 0.2) is 5.69 Å². The van der Waals surface area contributed by atoms with Gasteiger partial charge in [0.25, 0.3) is 0 Å². The van der Waals surface area contributed by atoms with E-state index >= 15 is 0 Å². The third-order valence-electron chi connectivity index (χ3n) is 1.84. The maximum absolute atomic E-state index is 11.3. The van der Waals surface area contributed by atoms with Gasteiger partial charge in [-0.15, -0.1) is 0 Å². The summed E-state index contributed by atoms with van der Waals surface area (Å²) < 4.78 is 4.83. The third-order valence-corrected chi connectivity index (χ3v) is 1.84. The number of nitrogens with zero attached hydrogens (tertiary/aromatic N) is 1. The van der Waals surface area contributed by atoms with Crippen molar-refractivity contribution in [1.82, 2.24) is 0 Å². The normalized spacial score (nSPS) is 9.21. The van der Waals surface area contributed by atoms with Gasteiger partial charge >= 0.3 is 5.97 Å². The number of carbonyl (C=O) groups excluding carboxylic acids is 1. The van der Waals surface area contributed by atoms with E-state index in [1.54, 1.807) is 25.1 Å². The fourth-order valence-electron chi connectivity index (χ4n) is 1.07. The predicted molar refractivity (Wildman–Crippen MR) is 53.4 cm³/mol. The first kappa shape index (κ1) is 10.3. The van der Waals surface area contributed by atoms with Crippen LogP contribution in [0, 0.1) is 13.5 Å². The summed E-state index contributed by atoms with van der Waals surface area (Å²) in [6, 6.07) is 4.97. The molecule has 0 aliphatic heterocycles. The van der Waals surface area contributed by atoms with Gasteiger partial charge in [0.05, 0.1) is 13.2 Å². The SMILES string of the molecule is [C-]#[N+]c1cc(C(=O)OCC)ccc1C. The molecule has 0 spiro atoms. The summed E-state index contributed by atoms with van der Waals surface area (Å²) in [4.78, 5) is 14.6. The average Bonchev–Trinajstić information content (AvgIpc) is 2.19. The summed E-state index contributed by atoms with van der Waals surface area (Å²) in [5.41, 5.74) is 1.80. The molecule has 0 saturated carbocycles. The monoisotopic (exact) mass is 189 g/mol. The molecule has 0 bridgehead atoms. The Labute approximate surface area is 83.1 Å². The Morgan fingerprint density at radius 1 is 1.57 bits per heavy atom. The van der Waals surface area contributed by atoms with E-state index in [4.69, 9.17) is 11.3 Å². The van der Waals surface area contributed by atoms with Gasteiger partial charge in [-0.2, -0.15) is 0 Å². The lowest BCUT2D eigenvalue weighted by Crippen LogP contribution is -2.04. The molecular formula is C11H11NO2. The lowest BCUT2D eigenvalue weighted by Gasteiger charge is -2.03. The minimum Gasteiger partial charge on any atom is -0.462 e. The number of ether oxygens (including phenoxy) is 1. The zero-order chi connectivity index (χ0) is 10.6. The molecule has 72 valence electrons. The predicted octanol–water partition coefficient (Wildman–Crippen LogP) is 2.72. The van der Waals surface area contributed by atoms with E-state index in [-0.39, 0.29) is 5.97 Å². The first-order valence-corrected chi connectivity index (χ1v) is 4.34. The molecule has 0 saturated heterocycles. The van der Waals surface area contributed by atoms with Gasteiger partial charge < -0.3 is 4.74 Å². The molecule has 0 atom stereocenters. The molecule has 3 nitrogen and oxygen atoms in total. The zero-order valence-electron chi connectivity index (χ0n) is 8.20. The fourth-order valence-corrected chi connectivity index (χ4v) is 1.07. The number of esters is 1. The minimum atomic E-state index is -0.377. The van der Waals surface area contributed by atoms with E-state index in [9.17, 15) is 4.79 Å². The van der Waals surface area contributed by atoms with E-state index in [1.807, 2.05) is 6.92 Å². The molecule has 0 aromatic heterocycles. The van der Waals surface area contributed by atoms with Crippen molar-refractivity contribution in [3.63, 3.8) is 0 Å². The molecular weight excluding hydrogens is 178 g/mol. The topological polar surface area (TPSA) is 30.7 Å². The number of carbonyl (C=O) groups is 1. The lowest BCUT2D eigenvalue weighted by atomic mass is 10.1. The van der Waals surface area contributed by atoms with Crippen LogP contribution in [0.2, 0.25) is 0 Å². The molecule has 1 aromatic rings. The van der Waals surface area contributed by atoms with Crippen molar-refractivity contribution < 1.29 is 9.53 Å². The van der Waals surface area contributed by atoms with Crippen molar-refractivity contribution in [2.75, 3.05) is 6.61 Å². The summed E-state index contributed by atoms with van der Waals surface area (Å²) in [5, 5.41) is 0. The summed E-state index contributed by atoms with van der Waals surface area (Å²) in [7, 11) is 0. The molecule has 0 aliphatic rings. The molecule has 0 N–H and O–H groups in total. The number of rotatable bonds is 2. The van der Waals surface area contributed by atoms with Crippen molar-refractivity contribution in [1.29, 1.82) is 0 Å². The van der Waals surface area contributed by atoms with Crippen LogP contribution in [-0.4, -0.2) is 12.6 Å². The second kappa shape index (κ2) is 4.43. The first-order chi connectivity index (χ1) is 6.69. The quantitative estimate of drug-likeness (QED) is 0.529. The van der Waals surface area contributed by atoms with Crippen molar-refractivity contribution in [3.05, 3.63) is 40.7 Å². The number of aryl methyl sites for hydroxylation is 1. The van der Waals surface area contributed by atoms with E-state index < -0.39 is 0 Å². The molecule has 3 heteroatoms. The molecule has 0 heterocycles. The van der Waals surface area contributed by atoms with E-state index in [2.05, 4.69) is 4.85 Å². The maximum Gasteiger partial charge on any atom is 0.336 e. The van der Waals surface area contributed by atoms with Crippen LogP contribution in [0.15, 0.2) is 18.2 Å².